The molecule has 3 aromatic carbocycles. The monoisotopic (exact) mass is 485 g/mol. The van der Waals surface area contributed by atoms with Gasteiger partial charge in [-0.1, -0.05) is 67.9 Å². The lowest BCUT2D eigenvalue weighted by Crippen LogP contribution is -2.41. The van der Waals surface area contributed by atoms with E-state index in [-0.39, 0.29) is 12.5 Å². The van der Waals surface area contributed by atoms with Gasteiger partial charge in [0.2, 0.25) is 5.91 Å². The lowest BCUT2D eigenvalue weighted by Gasteiger charge is -2.22. The predicted octanol–water partition coefficient (Wildman–Crippen LogP) is 5.95. The van der Waals surface area contributed by atoms with E-state index in [1.165, 1.54) is 23.1 Å². The van der Waals surface area contributed by atoms with Crippen molar-refractivity contribution in [1.82, 2.24) is 14.7 Å². The van der Waals surface area contributed by atoms with Crippen LogP contribution in [0.1, 0.15) is 19.8 Å². The van der Waals surface area contributed by atoms with Crippen molar-refractivity contribution < 1.29 is 14.0 Å². The van der Waals surface area contributed by atoms with Gasteiger partial charge in [-0.3, -0.25) is 4.79 Å². The van der Waals surface area contributed by atoms with Gasteiger partial charge in [-0.2, -0.15) is 5.10 Å². The number of hydrogen-bond donors (Lipinski definition) is 2. The van der Waals surface area contributed by atoms with Gasteiger partial charge in [0.1, 0.15) is 18.2 Å². The van der Waals surface area contributed by atoms with Crippen LogP contribution in [0.5, 0.6) is 0 Å². The van der Waals surface area contributed by atoms with Gasteiger partial charge >= 0.3 is 6.03 Å². The average molecular weight is 486 g/mol. The number of nitrogens with zero attached hydrogens (tertiary/aromatic N) is 3. The second-order valence-corrected chi connectivity index (χ2v) is 8.29. The van der Waals surface area contributed by atoms with Gasteiger partial charge in [-0.05, 0) is 36.8 Å². The summed E-state index contributed by atoms with van der Waals surface area (Å²) in [6.07, 6.45) is 1.58. The van der Waals surface area contributed by atoms with Gasteiger partial charge in [-0.25, -0.2) is 13.9 Å². The number of unbranched alkanes of at least 4 members (excludes halogenated alkanes) is 1. The van der Waals surface area contributed by atoms with E-state index < -0.39 is 11.8 Å². The summed E-state index contributed by atoms with van der Waals surface area (Å²) in [5, 5.41) is 10.3. The molecule has 4 rings (SSSR count). The minimum Gasteiger partial charge on any atom is -0.315 e. The molecule has 0 saturated heterocycles. The standard InChI is InChI=1S/C28H28FN5O2/c1-2-3-17-33(28(36)30-23-14-10-13-22(29)18-23)20-27(35)31-26-19-25(21-11-6-4-7-12-21)32-34(26)24-15-8-5-9-16-24/h4-16,18-19H,2-3,17,20H2,1H3,(H,30,36)(H,31,35). The molecular weight excluding hydrogens is 457 g/mol. The molecule has 1 aromatic heterocycles. The Morgan fingerprint density at radius 1 is 0.917 bits per heavy atom. The molecule has 4 aromatic rings. The molecule has 0 saturated carbocycles. The summed E-state index contributed by atoms with van der Waals surface area (Å²) in [7, 11) is 0. The number of anilines is 2. The minimum atomic E-state index is -0.467. The number of hydrogen-bond acceptors (Lipinski definition) is 3. The second-order valence-electron chi connectivity index (χ2n) is 8.29. The number of para-hydroxylation sites is 1. The van der Waals surface area contributed by atoms with Gasteiger partial charge < -0.3 is 15.5 Å². The zero-order chi connectivity index (χ0) is 25.3. The molecule has 3 amide bonds. The second kappa shape index (κ2) is 11.8. The third-order valence-corrected chi connectivity index (χ3v) is 5.53. The van der Waals surface area contributed by atoms with E-state index in [1.807, 2.05) is 73.7 Å². The van der Waals surface area contributed by atoms with Gasteiger partial charge in [0.05, 0.1) is 11.4 Å². The summed E-state index contributed by atoms with van der Waals surface area (Å²) in [5.41, 5.74) is 2.75. The maximum Gasteiger partial charge on any atom is 0.322 e. The van der Waals surface area contributed by atoms with Crippen LogP contribution in [0.25, 0.3) is 16.9 Å². The van der Waals surface area contributed by atoms with Crippen LogP contribution in [0.3, 0.4) is 0 Å². The molecule has 0 aliphatic rings. The molecule has 0 radical (unpaired) electrons. The molecule has 184 valence electrons. The Hall–Kier alpha value is -4.46. The molecule has 7 nitrogen and oxygen atoms in total. The number of aromatic nitrogens is 2. The third-order valence-electron chi connectivity index (χ3n) is 5.53. The molecule has 36 heavy (non-hydrogen) atoms. The van der Waals surface area contributed by atoms with E-state index in [4.69, 9.17) is 5.10 Å². The van der Waals surface area contributed by atoms with Crippen LogP contribution >= 0.6 is 0 Å². The zero-order valence-corrected chi connectivity index (χ0v) is 20.0. The molecule has 2 N–H and O–H groups in total. The lowest BCUT2D eigenvalue weighted by atomic mass is 10.1. The molecule has 0 spiro atoms. The number of rotatable bonds is 9. The summed E-state index contributed by atoms with van der Waals surface area (Å²) in [6, 6.07) is 26.2. The summed E-state index contributed by atoms with van der Waals surface area (Å²) in [4.78, 5) is 27.4. The van der Waals surface area contributed by atoms with Crippen LogP contribution in [0.4, 0.5) is 20.7 Å². The van der Waals surface area contributed by atoms with Gasteiger partial charge in [0.25, 0.3) is 0 Å². The van der Waals surface area contributed by atoms with Crippen LogP contribution in [-0.2, 0) is 4.79 Å². The first-order valence-electron chi connectivity index (χ1n) is 11.9. The van der Waals surface area contributed by atoms with Crippen LogP contribution in [0.15, 0.2) is 91.0 Å². The third kappa shape index (κ3) is 6.35. The fourth-order valence-corrected chi connectivity index (χ4v) is 3.71. The summed E-state index contributed by atoms with van der Waals surface area (Å²) in [5.74, 6) is -0.322. The number of carbonyl (C=O) groups is 2. The Bertz CT molecular complexity index is 1310. The molecule has 0 fully saturated rings. The van der Waals surface area contributed by atoms with E-state index in [9.17, 15) is 14.0 Å². The minimum absolute atomic E-state index is 0.165. The molecule has 0 atom stereocenters. The Morgan fingerprint density at radius 3 is 2.33 bits per heavy atom. The largest absolute Gasteiger partial charge is 0.322 e. The number of carbonyl (C=O) groups excluding carboxylic acids is 2. The van der Waals surface area contributed by atoms with Crippen molar-refractivity contribution in [2.75, 3.05) is 23.7 Å². The average Bonchev–Trinajstić information content (AvgIpc) is 3.31. The summed E-state index contributed by atoms with van der Waals surface area (Å²) in [6.45, 7) is 2.23. The fraction of sp³-hybridized carbons (Fsp3) is 0.179. The topological polar surface area (TPSA) is 79.3 Å². The maximum atomic E-state index is 13.5. The quantitative estimate of drug-likeness (QED) is 0.307. The first kappa shape index (κ1) is 24.7. The maximum absolute atomic E-state index is 13.5. The van der Waals surface area contributed by atoms with Crippen molar-refractivity contribution in [2.45, 2.75) is 19.8 Å². The normalized spacial score (nSPS) is 10.6. The lowest BCUT2D eigenvalue weighted by molar-refractivity contribution is -0.116. The number of amides is 3. The van der Waals surface area contributed by atoms with E-state index in [1.54, 1.807) is 10.7 Å². The molecule has 0 aliphatic heterocycles. The van der Waals surface area contributed by atoms with Crippen LogP contribution in [0.2, 0.25) is 0 Å². The van der Waals surface area contributed by atoms with Crippen molar-refractivity contribution in [1.29, 1.82) is 0 Å². The highest BCUT2D eigenvalue weighted by molar-refractivity contribution is 5.97. The molecular formula is C28H28FN5O2. The Balaban J connectivity index is 1.54. The number of benzene rings is 3. The van der Waals surface area contributed by atoms with Crippen LogP contribution < -0.4 is 10.6 Å². The van der Waals surface area contributed by atoms with Gasteiger partial charge in [0.15, 0.2) is 0 Å². The number of nitrogens with one attached hydrogen (secondary N) is 2. The Labute approximate surface area is 209 Å². The SMILES string of the molecule is CCCCN(CC(=O)Nc1cc(-c2ccccc2)nn1-c1ccccc1)C(=O)Nc1cccc(F)c1. The van der Waals surface area contributed by atoms with Gasteiger partial charge in [0, 0.05) is 23.9 Å². The first-order valence-corrected chi connectivity index (χ1v) is 11.9. The molecule has 0 unspecified atom stereocenters. The summed E-state index contributed by atoms with van der Waals surface area (Å²) < 4.78 is 15.2. The Morgan fingerprint density at radius 2 is 1.64 bits per heavy atom. The van der Waals surface area contributed by atoms with Crippen molar-refractivity contribution in [3.05, 3.63) is 96.8 Å². The van der Waals surface area contributed by atoms with E-state index in [0.717, 1.165) is 24.1 Å². The number of halogens is 1. The zero-order valence-electron chi connectivity index (χ0n) is 20.0. The van der Waals surface area contributed by atoms with Crippen molar-refractivity contribution >= 4 is 23.4 Å². The van der Waals surface area contributed by atoms with E-state index >= 15 is 0 Å². The molecule has 0 bridgehead atoms. The predicted molar refractivity (Wildman–Crippen MR) is 140 cm³/mol. The van der Waals surface area contributed by atoms with Gasteiger partial charge in [-0.15, -0.1) is 0 Å². The van der Waals surface area contributed by atoms with Crippen molar-refractivity contribution in [2.24, 2.45) is 0 Å². The summed E-state index contributed by atoms with van der Waals surface area (Å²) >= 11 is 0. The van der Waals surface area contributed by atoms with Crippen molar-refractivity contribution in [3.63, 3.8) is 0 Å². The Kier molecular flexibility index (Phi) is 8.08. The number of urea groups is 1. The fourth-order valence-electron chi connectivity index (χ4n) is 3.71. The van der Waals surface area contributed by atoms with Crippen molar-refractivity contribution in [3.8, 4) is 16.9 Å². The van der Waals surface area contributed by atoms with Crippen LogP contribution in [0, 0.1) is 5.82 Å². The first-order chi connectivity index (χ1) is 17.5. The highest BCUT2D eigenvalue weighted by atomic mass is 19.1. The molecule has 1 heterocycles. The molecule has 8 heteroatoms. The van der Waals surface area contributed by atoms with E-state index in [0.29, 0.717) is 23.7 Å². The smallest absolute Gasteiger partial charge is 0.315 e. The highest BCUT2D eigenvalue weighted by Gasteiger charge is 2.19. The van der Waals surface area contributed by atoms with E-state index in [2.05, 4.69) is 10.6 Å². The molecule has 0 aliphatic carbocycles. The highest BCUT2D eigenvalue weighted by Crippen LogP contribution is 2.24. The van der Waals surface area contributed by atoms with Crippen LogP contribution in [-0.4, -0.2) is 39.7 Å².